The summed E-state index contributed by atoms with van der Waals surface area (Å²) in [7, 11) is 1.60. The molecule has 0 aliphatic heterocycles. The normalized spacial score (nSPS) is 12.0. The Hall–Kier alpha value is -1.89. The largest absolute Gasteiger partial charge is 0.326 e. The highest BCUT2D eigenvalue weighted by Gasteiger charge is 2.21. The average molecular weight is 248 g/mol. The van der Waals surface area contributed by atoms with Crippen molar-refractivity contribution in [1.29, 1.82) is 5.26 Å². The molecule has 0 N–H and O–H groups in total. The quantitative estimate of drug-likeness (QED) is 0.822. The van der Waals surface area contributed by atoms with Crippen molar-refractivity contribution in [3.05, 3.63) is 35.6 Å². The maximum absolute atomic E-state index is 12.8. The van der Waals surface area contributed by atoms with Gasteiger partial charge in [0.1, 0.15) is 11.9 Å². The molecule has 0 bridgehead atoms. The molecule has 1 atom stereocenters. The molecule has 0 radical (unpaired) electrons. The van der Waals surface area contributed by atoms with E-state index in [0.29, 0.717) is 17.9 Å². The zero-order valence-electron chi connectivity index (χ0n) is 10.9. The number of carbonyl (C=O) groups is 1. The summed E-state index contributed by atoms with van der Waals surface area (Å²) in [6.45, 7) is 4.00. The Morgan fingerprint density at radius 3 is 2.39 bits per heavy atom. The minimum Gasteiger partial charge on any atom is -0.326 e. The molecule has 0 saturated carbocycles. The van der Waals surface area contributed by atoms with Crippen molar-refractivity contribution in [3.63, 3.8) is 0 Å². The zero-order chi connectivity index (χ0) is 13.7. The fraction of sp³-hybridized carbons (Fsp3) is 0.429. The van der Waals surface area contributed by atoms with Gasteiger partial charge in [0.05, 0.1) is 6.07 Å². The van der Waals surface area contributed by atoms with Gasteiger partial charge in [-0.25, -0.2) is 4.39 Å². The Morgan fingerprint density at radius 1 is 1.39 bits per heavy atom. The lowest BCUT2D eigenvalue weighted by atomic mass is 10.0. The van der Waals surface area contributed by atoms with E-state index in [1.165, 1.54) is 29.2 Å². The van der Waals surface area contributed by atoms with Gasteiger partial charge in [0.25, 0.3) is 5.91 Å². The van der Waals surface area contributed by atoms with Crippen LogP contribution in [0.15, 0.2) is 24.3 Å². The number of hydrogen-bond donors (Lipinski definition) is 0. The molecule has 18 heavy (non-hydrogen) atoms. The van der Waals surface area contributed by atoms with E-state index in [2.05, 4.69) is 6.07 Å². The summed E-state index contributed by atoms with van der Waals surface area (Å²) in [5, 5.41) is 9.08. The van der Waals surface area contributed by atoms with Crippen LogP contribution in [0.25, 0.3) is 0 Å². The third-order valence-electron chi connectivity index (χ3n) is 2.72. The fourth-order valence-corrected chi connectivity index (χ4v) is 1.68. The standard InChI is InChI=1S/C14H17FN2O/c1-10(2)8-13(9-16)17(3)14(18)11-4-6-12(15)7-5-11/h4-7,10,13H,8H2,1-3H3. The van der Waals surface area contributed by atoms with Crippen LogP contribution in [-0.2, 0) is 0 Å². The second-order valence-corrected chi connectivity index (χ2v) is 4.70. The first kappa shape index (κ1) is 14.2. The molecule has 0 spiro atoms. The van der Waals surface area contributed by atoms with E-state index >= 15 is 0 Å². The van der Waals surface area contributed by atoms with E-state index in [1.54, 1.807) is 7.05 Å². The van der Waals surface area contributed by atoms with Crippen LogP contribution in [0, 0.1) is 23.1 Å². The van der Waals surface area contributed by atoms with Crippen LogP contribution in [0.1, 0.15) is 30.6 Å². The van der Waals surface area contributed by atoms with Crippen LogP contribution in [0.5, 0.6) is 0 Å². The summed E-state index contributed by atoms with van der Waals surface area (Å²) in [6, 6.07) is 7.01. The van der Waals surface area contributed by atoms with Crippen molar-refractivity contribution in [3.8, 4) is 6.07 Å². The molecule has 1 aromatic rings. The van der Waals surface area contributed by atoms with Gasteiger partial charge in [-0.1, -0.05) is 13.8 Å². The summed E-state index contributed by atoms with van der Waals surface area (Å²) in [5.74, 6) is -0.312. The molecule has 0 aromatic heterocycles. The minimum atomic E-state index is -0.456. The van der Waals surface area contributed by atoms with Gasteiger partial charge in [0, 0.05) is 12.6 Å². The molecule has 0 heterocycles. The lowest BCUT2D eigenvalue weighted by Gasteiger charge is -2.24. The van der Waals surface area contributed by atoms with E-state index in [1.807, 2.05) is 13.8 Å². The molecule has 1 unspecified atom stereocenters. The van der Waals surface area contributed by atoms with Gasteiger partial charge < -0.3 is 4.90 Å². The molecule has 1 rings (SSSR count). The highest BCUT2D eigenvalue weighted by atomic mass is 19.1. The summed E-state index contributed by atoms with van der Waals surface area (Å²) in [5.41, 5.74) is 0.392. The Balaban J connectivity index is 2.82. The van der Waals surface area contributed by atoms with Crippen molar-refractivity contribution in [2.24, 2.45) is 5.92 Å². The van der Waals surface area contributed by atoms with Crippen molar-refractivity contribution in [1.82, 2.24) is 4.90 Å². The lowest BCUT2D eigenvalue weighted by molar-refractivity contribution is 0.0752. The third-order valence-corrected chi connectivity index (χ3v) is 2.72. The molecular formula is C14H17FN2O. The molecule has 0 aliphatic carbocycles. The van der Waals surface area contributed by atoms with Crippen LogP contribution in [0.3, 0.4) is 0 Å². The topological polar surface area (TPSA) is 44.1 Å². The van der Waals surface area contributed by atoms with Crippen LogP contribution in [-0.4, -0.2) is 23.9 Å². The lowest BCUT2D eigenvalue weighted by Crippen LogP contribution is -2.37. The number of halogens is 1. The van der Waals surface area contributed by atoms with E-state index in [4.69, 9.17) is 5.26 Å². The number of carbonyl (C=O) groups excluding carboxylic acids is 1. The smallest absolute Gasteiger partial charge is 0.254 e. The molecule has 0 fully saturated rings. The third kappa shape index (κ3) is 3.56. The Morgan fingerprint density at radius 2 is 1.94 bits per heavy atom. The summed E-state index contributed by atoms with van der Waals surface area (Å²) in [4.78, 5) is 13.5. The molecule has 1 amide bonds. The first-order valence-corrected chi connectivity index (χ1v) is 5.88. The fourth-order valence-electron chi connectivity index (χ4n) is 1.68. The molecule has 3 nitrogen and oxygen atoms in total. The van der Waals surface area contributed by atoms with Crippen LogP contribution in [0.2, 0.25) is 0 Å². The number of hydrogen-bond acceptors (Lipinski definition) is 2. The summed E-state index contributed by atoms with van der Waals surface area (Å²) in [6.07, 6.45) is 0.625. The maximum Gasteiger partial charge on any atom is 0.254 e. The second kappa shape index (κ2) is 6.15. The Kier molecular flexibility index (Phi) is 4.85. The number of nitrogens with zero attached hydrogens (tertiary/aromatic N) is 2. The first-order chi connectivity index (χ1) is 8.45. The van der Waals surface area contributed by atoms with Crippen molar-refractivity contribution in [2.45, 2.75) is 26.3 Å². The van der Waals surface area contributed by atoms with Crippen molar-refractivity contribution in [2.75, 3.05) is 7.05 Å². The first-order valence-electron chi connectivity index (χ1n) is 5.88. The van der Waals surface area contributed by atoms with Crippen LogP contribution in [0.4, 0.5) is 4.39 Å². The van der Waals surface area contributed by atoms with Crippen molar-refractivity contribution < 1.29 is 9.18 Å². The van der Waals surface area contributed by atoms with Gasteiger partial charge in [0.2, 0.25) is 0 Å². The molecular weight excluding hydrogens is 231 g/mol. The van der Waals surface area contributed by atoms with Gasteiger partial charge in [-0.05, 0) is 36.6 Å². The highest BCUT2D eigenvalue weighted by Crippen LogP contribution is 2.13. The Bertz CT molecular complexity index is 448. The van der Waals surface area contributed by atoms with E-state index < -0.39 is 6.04 Å². The zero-order valence-corrected chi connectivity index (χ0v) is 10.9. The number of rotatable bonds is 4. The average Bonchev–Trinajstić information content (AvgIpc) is 2.35. The van der Waals surface area contributed by atoms with E-state index in [0.717, 1.165) is 0 Å². The Labute approximate surface area is 107 Å². The SMILES string of the molecule is CC(C)CC(C#N)N(C)C(=O)c1ccc(F)cc1. The van der Waals surface area contributed by atoms with Gasteiger partial charge in [0.15, 0.2) is 0 Å². The van der Waals surface area contributed by atoms with Gasteiger partial charge in [-0.15, -0.1) is 0 Å². The highest BCUT2D eigenvalue weighted by molar-refractivity contribution is 5.94. The van der Waals surface area contributed by atoms with Gasteiger partial charge >= 0.3 is 0 Å². The van der Waals surface area contributed by atoms with Crippen molar-refractivity contribution >= 4 is 5.91 Å². The predicted molar refractivity (Wildman–Crippen MR) is 67.3 cm³/mol. The molecule has 1 aromatic carbocycles. The van der Waals surface area contributed by atoms with Gasteiger partial charge in [-0.2, -0.15) is 5.26 Å². The minimum absolute atomic E-state index is 0.262. The summed E-state index contributed by atoms with van der Waals surface area (Å²) >= 11 is 0. The number of amides is 1. The molecule has 0 aliphatic rings. The number of benzene rings is 1. The molecule has 96 valence electrons. The van der Waals surface area contributed by atoms with Crippen LogP contribution >= 0.6 is 0 Å². The number of nitriles is 1. The predicted octanol–water partition coefficient (Wildman–Crippen LogP) is 2.84. The summed E-state index contributed by atoms with van der Waals surface area (Å²) < 4.78 is 12.8. The second-order valence-electron chi connectivity index (χ2n) is 4.70. The molecule has 4 heteroatoms. The van der Waals surface area contributed by atoms with E-state index in [9.17, 15) is 9.18 Å². The van der Waals surface area contributed by atoms with E-state index in [-0.39, 0.29) is 11.7 Å². The monoisotopic (exact) mass is 248 g/mol. The van der Waals surface area contributed by atoms with Gasteiger partial charge in [-0.3, -0.25) is 4.79 Å². The maximum atomic E-state index is 12.8. The molecule has 0 saturated heterocycles. The van der Waals surface area contributed by atoms with Crippen LogP contribution < -0.4 is 0 Å².